The first kappa shape index (κ1) is 12.4. The van der Waals surface area contributed by atoms with E-state index in [9.17, 15) is 0 Å². The molecule has 0 amide bonds. The topological polar surface area (TPSA) is 47.3 Å². The van der Waals surface area contributed by atoms with Crippen molar-refractivity contribution in [2.45, 2.75) is 6.42 Å². The van der Waals surface area contributed by atoms with Crippen LogP contribution in [0.4, 0.5) is 0 Å². The van der Waals surface area contributed by atoms with Crippen LogP contribution < -0.4 is 11.1 Å². The Morgan fingerprint density at radius 3 is 2.83 bits per heavy atom. The van der Waals surface area contributed by atoms with Gasteiger partial charge >= 0.3 is 0 Å². The molecule has 0 saturated heterocycles. The lowest BCUT2D eigenvalue weighted by Crippen LogP contribution is -2.23. The summed E-state index contributed by atoms with van der Waals surface area (Å²) in [5, 5.41) is 3.26. The molecular formula is C7H20N2OSSi. The largest absolute Gasteiger partial charge is 0.427 e. The lowest BCUT2D eigenvalue weighted by atomic mass is 10.5. The molecule has 0 aromatic rings. The number of hydrogen-bond donors (Lipinski definition) is 2. The number of thioether (sulfide) groups is 1. The minimum atomic E-state index is 0.738. The highest BCUT2D eigenvalue weighted by Crippen LogP contribution is 2.00. The van der Waals surface area contributed by atoms with Crippen molar-refractivity contribution in [3.05, 3.63) is 0 Å². The monoisotopic (exact) mass is 208 g/mol. The summed E-state index contributed by atoms with van der Waals surface area (Å²) >= 11 is 1.96. The predicted octanol–water partition coefficient (Wildman–Crippen LogP) is -1.05. The van der Waals surface area contributed by atoms with Crippen molar-refractivity contribution >= 4 is 22.2 Å². The lowest BCUT2D eigenvalue weighted by molar-refractivity contribution is 0.380. The Kier molecular flexibility index (Phi) is 11.9. The van der Waals surface area contributed by atoms with Crippen molar-refractivity contribution in [3.8, 4) is 0 Å². The summed E-state index contributed by atoms with van der Waals surface area (Å²) in [7, 11) is 0.870. The second kappa shape index (κ2) is 11.4. The first-order valence-corrected chi connectivity index (χ1v) is 6.36. The van der Waals surface area contributed by atoms with Crippen LogP contribution in [0.5, 0.6) is 0 Å². The van der Waals surface area contributed by atoms with Gasteiger partial charge in [-0.25, -0.2) is 0 Å². The molecule has 12 heavy (non-hydrogen) atoms. The van der Waals surface area contributed by atoms with Crippen molar-refractivity contribution in [1.29, 1.82) is 0 Å². The van der Waals surface area contributed by atoms with Gasteiger partial charge in [-0.2, -0.15) is 11.8 Å². The quantitative estimate of drug-likeness (QED) is 0.375. The zero-order valence-corrected chi connectivity index (χ0v) is 10.7. The molecule has 0 aliphatic heterocycles. The van der Waals surface area contributed by atoms with E-state index in [0.29, 0.717) is 0 Å². The van der Waals surface area contributed by atoms with Gasteiger partial charge in [-0.1, -0.05) is 0 Å². The molecule has 0 heterocycles. The van der Waals surface area contributed by atoms with Crippen LogP contribution in [-0.2, 0) is 4.43 Å². The van der Waals surface area contributed by atoms with E-state index < -0.39 is 0 Å². The summed E-state index contributed by atoms with van der Waals surface area (Å²) in [5.74, 6) is 2.36. The van der Waals surface area contributed by atoms with Crippen molar-refractivity contribution in [2.75, 3.05) is 37.7 Å². The zero-order valence-electron chi connectivity index (χ0n) is 7.84. The average Bonchev–Trinajstić information content (AvgIpc) is 2.10. The van der Waals surface area contributed by atoms with E-state index in [0.717, 1.165) is 42.5 Å². The smallest absolute Gasteiger partial charge is 0.146 e. The number of rotatable bonds is 9. The molecule has 0 unspecified atom stereocenters. The molecule has 0 saturated carbocycles. The molecule has 3 nitrogen and oxygen atoms in total. The van der Waals surface area contributed by atoms with E-state index in [1.165, 1.54) is 12.2 Å². The minimum absolute atomic E-state index is 0.738. The van der Waals surface area contributed by atoms with E-state index in [1.807, 2.05) is 11.8 Å². The third-order valence-corrected chi connectivity index (χ3v) is 2.84. The Morgan fingerprint density at radius 1 is 1.33 bits per heavy atom. The van der Waals surface area contributed by atoms with Crippen LogP contribution in [0.3, 0.4) is 0 Å². The van der Waals surface area contributed by atoms with Gasteiger partial charge in [0.2, 0.25) is 0 Å². The standard InChI is InChI=1S/C7H20N2OSSi/c8-2-4-9-3-1-6-11-7-5-10-12/h9H,1-8H2,12H3. The Morgan fingerprint density at radius 2 is 2.17 bits per heavy atom. The maximum absolute atomic E-state index is 5.33. The molecule has 0 aliphatic carbocycles. The molecule has 0 aromatic heterocycles. The van der Waals surface area contributed by atoms with Crippen molar-refractivity contribution < 1.29 is 4.43 Å². The summed E-state index contributed by atoms with van der Waals surface area (Å²) in [4.78, 5) is 0. The zero-order chi connectivity index (χ0) is 9.07. The number of hydrogen-bond acceptors (Lipinski definition) is 4. The highest BCUT2D eigenvalue weighted by atomic mass is 32.2. The maximum Gasteiger partial charge on any atom is 0.146 e. The van der Waals surface area contributed by atoms with Crippen LogP contribution in [0.15, 0.2) is 0 Å². The van der Waals surface area contributed by atoms with Crippen LogP contribution in [0.1, 0.15) is 6.42 Å². The van der Waals surface area contributed by atoms with Crippen molar-refractivity contribution in [1.82, 2.24) is 5.32 Å². The van der Waals surface area contributed by atoms with E-state index in [4.69, 9.17) is 10.2 Å². The van der Waals surface area contributed by atoms with E-state index >= 15 is 0 Å². The van der Waals surface area contributed by atoms with Crippen molar-refractivity contribution in [3.63, 3.8) is 0 Å². The van der Waals surface area contributed by atoms with Gasteiger partial charge in [-0.15, -0.1) is 0 Å². The van der Waals surface area contributed by atoms with Gasteiger partial charge in [-0.05, 0) is 18.7 Å². The average molecular weight is 208 g/mol. The molecule has 0 bridgehead atoms. The summed E-state index contributed by atoms with van der Waals surface area (Å²) < 4.78 is 5.07. The molecular weight excluding hydrogens is 188 g/mol. The summed E-state index contributed by atoms with van der Waals surface area (Å²) in [6.07, 6.45) is 1.23. The minimum Gasteiger partial charge on any atom is -0.427 e. The number of nitrogens with one attached hydrogen (secondary N) is 1. The Labute approximate surface area is 82.3 Å². The fourth-order valence-electron chi connectivity index (χ4n) is 0.771. The first-order chi connectivity index (χ1) is 5.91. The molecule has 0 aromatic carbocycles. The van der Waals surface area contributed by atoms with E-state index in [-0.39, 0.29) is 0 Å². The maximum atomic E-state index is 5.33. The molecule has 0 fully saturated rings. The van der Waals surface area contributed by atoms with Crippen LogP contribution >= 0.6 is 11.8 Å². The third-order valence-electron chi connectivity index (χ3n) is 1.40. The SMILES string of the molecule is NCCNCCCSCCO[SiH3]. The van der Waals surface area contributed by atoms with E-state index in [2.05, 4.69) is 5.32 Å². The van der Waals surface area contributed by atoms with Gasteiger partial charge in [0.1, 0.15) is 10.5 Å². The molecule has 0 rings (SSSR count). The second-order valence-electron chi connectivity index (χ2n) is 2.50. The van der Waals surface area contributed by atoms with E-state index in [1.54, 1.807) is 0 Å². The van der Waals surface area contributed by atoms with Gasteiger partial charge in [0.05, 0.1) is 0 Å². The second-order valence-corrected chi connectivity index (χ2v) is 4.30. The predicted molar refractivity (Wildman–Crippen MR) is 59.8 cm³/mol. The highest BCUT2D eigenvalue weighted by Gasteiger charge is 1.88. The van der Waals surface area contributed by atoms with Crippen LogP contribution in [-0.4, -0.2) is 48.2 Å². The van der Waals surface area contributed by atoms with Gasteiger partial charge in [0.15, 0.2) is 0 Å². The van der Waals surface area contributed by atoms with Crippen molar-refractivity contribution in [2.24, 2.45) is 5.73 Å². The molecule has 5 heteroatoms. The van der Waals surface area contributed by atoms with Crippen LogP contribution in [0.2, 0.25) is 0 Å². The Hall–Kier alpha value is 0.447. The molecule has 74 valence electrons. The molecule has 0 aliphatic rings. The highest BCUT2D eigenvalue weighted by molar-refractivity contribution is 7.99. The van der Waals surface area contributed by atoms with Crippen LogP contribution in [0.25, 0.3) is 0 Å². The lowest BCUT2D eigenvalue weighted by Gasteiger charge is -2.02. The molecule has 0 radical (unpaired) electrons. The Balaban J connectivity index is 2.73. The molecule has 3 N–H and O–H groups in total. The molecule has 0 atom stereocenters. The van der Waals surface area contributed by atoms with Gasteiger partial charge in [0.25, 0.3) is 0 Å². The van der Waals surface area contributed by atoms with Gasteiger partial charge in [-0.3, -0.25) is 0 Å². The fourth-order valence-corrected chi connectivity index (χ4v) is 2.11. The number of nitrogens with two attached hydrogens (primary N) is 1. The summed E-state index contributed by atoms with van der Waals surface area (Å²) in [6.45, 7) is 3.69. The van der Waals surface area contributed by atoms with Gasteiger partial charge < -0.3 is 15.5 Å². The van der Waals surface area contributed by atoms with Crippen LogP contribution in [0, 0.1) is 0 Å². The summed E-state index contributed by atoms with van der Waals surface area (Å²) in [5.41, 5.74) is 5.33. The molecule has 0 spiro atoms. The Bertz CT molecular complexity index is 77.8. The third kappa shape index (κ3) is 10.4. The summed E-state index contributed by atoms with van der Waals surface area (Å²) in [6, 6.07) is 0. The first-order valence-electron chi connectivity index (χ1n) is 4.39. The van der Waals surface area contributed by atoms with Gasteiger partial charge in [0, 0.05) is 25.4 Å². The normalized spacial score (nSPS) is 10.8. The fraction of sp³-hybridized carbons (Fsp3) is 1.00.